The molecule has 0 aromatic rings. The van der Waals surface area contributed by atoms with Crippen LogP contribution >= 0.6 is 0 Å². The van der Waals surface area contributed by atoms with Crippen molar-refractivity contribution in [3.8, 4) is 0 Å². The topological polar surface area (TPSA) is 136 Å². The maximum absolute atomic E-state index is 10.4. The van der Waals surface area contributed by atoms with Crippen molar-refractivity contribution in [3.63, 3.8) is 0 Å². The molecule has 4 unspecified atom stereocenters. The first-order chi connectivity index (χ1) is 12.1. The predicted molar refractivity (Wildman–Crippen MR) is 83.8 cm³/mol. The van der Waals surface area contributed by atoms with Gasteiger partial charge in [0, 0.05) is 7.11 Å². The summed E-state index contributed by atoms with van der Waals surface area (Å²) in [6.07, 6.45) is -10.7. The molecule has 26 heavy (non-hydrogen) atoms. The second kappa shape index (κ2) is 7.55. The summed E-state index contributed by atoms with van der Waals surface area (Å²) in [7, 11) is 1.35. The molecule has 0 bridgehead atoms. The molecule has 0 spiro atoms. The quantitative estimate of drug-likeness (QED) is 0.439. The largest absolute Gasteiger partial charge is 0.387 e. The average Bonchev–Trinajstić information content (AvgIpc) is 2.59. The highest BCUT2D eigenvalue weighted by atomic mass is 16.8. The molecule has 0 amide bonds. The number of aliphatic hydroxyl groups excluding tert-OH is 4. The zero-order valence-electron chi connectivity index (χ0n) is 15.2. The maximum Gasteiger partial charge on any atom is 0.187 e. The van der Waals surface area contributed by atoms with Gasteiger partial charge in [-0.2, -0.15) is 0 Å². The molecule has 0 aliphatic carbocycles. The van der Waals surface area contributed by atoms with Gasteiger partial charge in [0.05, 0.1) is 12.7 Å². The van der Waals surface area contributed by atoms with Crippen molar-refractivity contribution in [2.45, 2.75) is 88.0 Å². The van der Waals surface area contributed by atoms with Gasteiger partial charge < -0.3 is 48.8 Å². The molecule has 3 aliphatic rings. The van der Waals surface area contributed by atoms with E-state index < -0.39 is 67.2 Å². The fourth-order valence-electron chi connectivity index (χ4n) is 3.49. The van der Waals surface area contributed by atoms with Crippen LogP contribution in [0.4, 0.5) is 0 Å². The van der Waals surface area contributed by atoms with E-state index in [1.807, 2.05) is 0 Å². The second-order valence-corrected chi connectivity index (χ2v) is 7.34. The normalized spacial score (nSPS) is 51.7. The van der Waals surface area contributed by atoms with E-state index in [1.54, 1.807) is 20.8 Å². The Morgan fingerprint density at radius 3 is 2.23 bits per heavy atom. The van der Waals surface area contributed by atoms with Crippen LogP contribution in [0.2, 0.25) is 0 Å². The molecule has 0 saturated carbocycles. The lowest BCUT2D eigenvalue weighted by molar-refractivity contribution is -0.397. The van der Waals surface area contributed by atoms with Gasteiger partial charge in [0.2, 0.25) is 0 Å². The molecule has 3 fully saturated rings. The number of fused-ring (bicyclic) bond motifs is 1. The molecule has 3 heterocycles. The summed E-state index contributed by atoms with van der Waals surface area (Å²) in [6, 6.07) is 0. The number of rotatable bonds is 3. The van der Waals surface area contributed by atoms with Crippen LogP contribution < -0.4 is 0 Å². The van der Waals surface area contributed by atoms with Crippen LogP contribution in [0.5, 0.6) is 0 Å². The minimum atomic E-state index is -1.41. The van der Waals surface area contributed by atoms with Crippen LogP contribution in [0.25, 0.3) is 0 Å². The standard InChI is InChI=1S/C16H28O10/c1-6-12(8(17)10(19)14(21-4)23-6)25-15-11(20)9(18)13-7(24-15)5-22-16(2,3)26-13/h6-15,17-20H,5H2,1-4H3/t6?,7?,8?,9-,10+,11?,12+,13+,14-,15+/m1/s1. The van der Waals surface area contributed by atoms with Crippen LogP contribution in [0.1, 0.15) is 20.8 Å². The highest BCUT2D eigenvalue weighted by Gasteiger charge is 2.53. The first-order valence-electron chi connectivity index (χ1n) is 8.68. The van der Waals surface area contributed by atoms with Crippen LogP contribution in [0.3, 0.4) is 0 Å². The first-order valence-corrected chi connectivity index (χ1v) is 8.68. The molecular weight excluding hydrogens is 352 g/mol. The van der Waals surface area contributed by atoms with Gasteiger partial charge in [-0.25, -0.2) is 0 Å². The summed E-state index contributed by atoms with van der Waals surface area (Å²) < 4.78 is 33.0. The fraction of sp³-hybridized carbons (Fsp3) is 1.00. The lowest BCUT2D eigenvalue weighted by Gasteiger charge is -2.50. The summed E-state index contributed by atoms with van der Waals surface area (Å²) in [5, 5.41) is 41.2. The summed E-state index contributed by atoms with van der Waals surface area (Å²) in [4.78, 5) is 0. The highest BCUT2D eigenvalue weighted by molar-refractivity contribution is 4.95. The van der Waals surface area contributed by atoms with Crippen LogP contribution in [-0.2, 0) is 28.4 Å². The third-order valence-corrected chi connectivity index (χ3v) is 4.96. The molecule has 0 aromatic carbocycles. The number of hydrogen-bond donors (Lipinski definition) is 4. The third-order valence-electron chi connectivity index (χ3n) is 4.96. The summed E-state index contributed by atoms with van der Waals surface area (Å²) in [5.41, 5.74) is 0. The van der Waals surface area contributed by atoms with Crippen LogP contribution in [-0.4, -0.2) is 101 Å². The van der Waals surface area contributed by atoms with E-state index in [4.69, 9.17) is 28.4 Å². The average molecular weight is 380 g/mol. The van der Waals surface area contributed by atoms with Crippen molar-refractivity contribution in [2.75, 3.05) is 13.7 Å². The Morgan fingerprint density at radius 1 is 0.923 bits per heavy atom. The second-order valence-electron chi connectivity index (χ2n) is 7.34. The molecule has 0 aromatic heterocycles. The van der Waals surface area contributed by atoms with Gasteiger partial charge >= 0.3 is 0 Å². The molecule has 0 radical (unpaired) electrons. The summed E-state index contributed by atoms with van der Waals surface area (Å²) in [5.74, 6) is -0.903. The van der Waals surface area contributed by atoms with Gasteiger partial charge in [0.1, 0.15) is 42.7 Å². The van der Waals surface area contributed by atoms with E-state index >= 15 is 0 Å². The van der Waals surface area contributed by atoms with E-state index in [0.717, 1.165) is 0 Å². The molecule has 10 heteroatoms. The Balaban J connectivity index is 1.68. The molecule has 4 N–H and O–H groups in total. The van der Waals surface area contributed by atoms with Crippen molar-refractivity contribution < 1.29 is 48.8 Å². The van der Waals surface area contributed by atoms with E-state index in [0.29, 0.717) is 0 Å². The van der Waals surface area contributed by atoms with Crippen molar-refractivity contribution in [1.29, 1.82) is 0 Å². The lowest BCUT2D eigenvalue weighted by Crippen LogP contribution is -2.66. The number of hydrogen-bond acceptors (Lipinski definition) is 10. The van der Waals surface area contributed by atoms with Crippen molar-refractivity contribution >= 4 is 0 Å². The molecule has 10 nitrogen and oxygen atoms in total. The molecule has 3 aliphatic heterocycles. The maximum atomic E-state index is 10.4. The fourth-order valence-corrected chi connectivity index (χ4v) is 3.49. The highest BCUT2D eigenvalue weighted by Crippen LogP contribution is 2.34. The molecular formula is C16H28O10. The van der Waals surface area contributed by atoms with E-state index in [2.05, 4.69) is 0 Å². The van der Waals surface area contributed by atoms with Gasteiger partial charge in [-0.05, 0) is 20.8 Å². The zero-order chi connectivity index (χ0) is 19.2. The lowest BCUT2D eigenvalue weighted by atomic mass is 9.96. The van der Waals surface area contributed by atoms with Gasteiger partial charge in [-0.1, -0.05) is 0 Å². The van der Waals surface area contributed by atoms with Crippen LogP contribution in [0, 0.1) is 0 Å². The molecule has 3 saturated heterocycles. The monoisotopic (exact) mass is 380 g/mol. The van der Waals surface area contributed by atoms with E-state index in [1.165, 1.54) is 7.11 Å². The van der Waals surface area contributed by atoms with Gasteiger partial charge in [-0.15, -0.1) is 0 Å². The Morgan fingerprint density at radius 2 is 1.58 bits per heavy atom. The van der Waals surface area contributed by atoms with Crippen molar-refractivity contribution in [1.82, 2.24) is 0 Å². The van der Waals surface area contributed by atoms with Gasteiger partial charge in [-0.3, -0.25) is 0 Å². The smallest absolute Gasteiger partial charge is 0.187 e. The summed E-state index contributed by atoms with van der Waals surface area (Å²) >= 11 is 0. The Kier molecular flexibility index (Phi) is 5.91. The van der Waals surface area contributed by atoms with Gasteiger partial charge in [0.15, 0.2) is 18.4 Å². The van der Waals surface area contributed by atoms with Crippen molar-refractivity contribution in [2.24, 2.45) is 0 Å². The predicted octanol–water partition coefficient (Wildman–Crippen LogP) is -1.92. The zero-order valence-corrected chi connectivity index (χ0v) is 15.2. The Labute approximate surface area is 151 Å². The summed E-state index contributed by atoms with van der Waals surface area (Å²) in [6.45, 7) is 5.19. The minimum Gasteiger partial charge on any atom is -0.387 e. The van der Waals surface area contributed by atoms with E-state index in [9.17, 15) is 20.4 Å². The SMILES string of the molecule is CO[C@@H]1OC(C)[C@H](O[C@@H]2OC3COC(C)(C)O[C@@H]3[C@H](O)C2O)C(O)[C@@H]1O. The van der Waals surface area contributed by atoms with Crippen molar-refractivity contribution in [3.05, 3.63) is 0 Å². The molecule has 3 rings (SSSR count). The first kappa shape index (κ1) is 20.3. The number of ether oxygens (including phenoxy) is 6. The Bertz CT molecular complexity index is 486. The van der Waals surface area contributed by atoms with E-state index in [-0.39, 0.29) is 6.61 Å². The van der Waals surface area contributed by atoms with Gasteiger partial charge in [0.25, 0.3) is 0 Å². The third kappa shape index (κ3) is 3.76. The Hall–Kier alpha value is -0.400. The number of methoxy groups -OCH3 is 1. The molecule has 10 atom stereocenters. The van der Waals surface area contributed by atoms with Crippen LogP contribution in [0.15, 0.2) is 0 Å². The number of aliphatic hydroxyl groups is 4. The minimum absolute atomic E-state index is 0.148. The molecule has 152 valence electrons.